The third-order valence-corrected chi connectivity index (χ3v) is 1.25. The molecular formula is C7H13NO3. The molecule has 2 N–H and O–H groups in total. The molecule has 1 atom stereocenters. The highest BCUT2D eigenvalue weighted by Crippen LogP contribution is 1.95. The van der Waals surface area contributed by atoms with Crippen molar-refractivity contribution < 1.29 is 14.7 Å². The SMILES string of the molecule is CCCC(NC(C)=O)C(=O)O. The Morgan fingerprint density at radius 2 is 2.09 bits per heavy atom. The molecule has 64 valence electrons. The number of carbonyl (C=O) groups is 2. The molecule has 0 heterocycles. The largest absolute Gasteiger partial charge is 0.480 e. The first-order chi connectivity index (χ1) is 5.07. The molecule has 0 aromatic rings. The Balaban J connectivity index is 3.89. The van der Waals surface area contributed by atoms with Crippen molar-refractivity contribution in [3.05, 3.63) is 0 Å². The van der Waals surface area contributed by atoms with Crippen LogP contribution < -0.4 is 5.32 Å². The Hall–Kier alpha value is -1.06. The van der Waals surface area contributed by atoms with Gasteiger partial charge in [0.15, 0.2) is 0 Å². The summed E-state index contributed by atoms with van der Waals surface area (Å²) in [5.74, 6) is -1.27. The van der Waals surface area contributed by atoms with Gasteiger partial charge in [0.05, 0.1) is 0 Å². The van der Waals surface area contributed by atoms with Crippen LogP contribution in [0.2, 0.25) is 0 Å². The van der Waals surface area contributed by atoms with Gasteiger partial charge in [-0.3, -0.25) is 4.79 Å². The number of aliphatic carboxylic acids is 1. The second-order valence-electron chi connectivity index (χ2n) is 2.38. The van der Waals surface area contributed by atoms with E-state index >= 15 is 0 Å². The van der Waals surface area contributed by atoms with E-state index in [0.29, 0.717) is 6.42 Å². The Labute approximate surface area is 65.6 Å². The molecule has 0 aromatic carbocycles. The fourth-order valence-corrected chi connectivity index (χ4v) is 0.791. The highest BCUT2D eigenvalue weighted by Gasteiger charge is 2.15. The van der Waals surface area contributed by atoms with Gasteiger partial charge in [-0.1, -0.05) is 13.3 Å². The van der Waals surface area contributed by atoms with E-state index in [1.807, 2.05) is 6.92 Å². The molecule has 0 aromatic heterocycles. The minimum atomic E-state index is -0.970. The molecule has 0 rings (SSSR count). The number of carboxylic acid groups (broad SMARTS) is 1. The first-order valence-corrected chi connectivity index (χ1v) is 3.57. The number of hydrogen-bond donors (Lipinski definition) is 2. The third kappa shape index (κ3) is 4.36. The number of rotatable bonds is 4. The van der Waals surface area contributed by atoms with Gasteiger partial charge in [0.1, 0.15) is 6.04 Å². The summed E-state index contributed by atoms with van der Waals surface area (Å²) in [5.41, 5.74) is 0. The van der Waals surface area contributed by atoms with Crippen LogP contribution >= 0.6 is 0 Å². The fraction of sp³-hybridized carbons (Fsp3) is 0.714. The molecule has 4 nitrogen and oxygen atoms in total. The van der Waals surface area contributed by atoms with Gasteiger partial charge in [0, 0.05) is 6.92 Å². The van der Waals surface area contributed by atoms with Crippen LogP contribution in [0, 0.1) is 0 Å². The van der Waals surface area contributed by atoms with Gasteiger partial charge in [-0.05, 0) is 6.42 Å². The number of carbonyl (C=O) groups excluding carboxylic acids is 1. The second-order valence-corrected chi connectivity index (χ2v) is 2.38. The maximum Gasteiger partial charge on any atom is 0.326 e. The van der Waals surface area contributed by atoms with E-state index in [-0.39, 0.29) is 5.91 Å². The predicted octanol–water partition coefficient (Wildman–Crippen LogP) is 0.376. The van der Waals surface area contributed by atoms with Crippen LogP contribution in [0.25, 0.3) is 0 Å². The van der Waals surface area contributed by atoms with Crippen molar-refractivity contribution in [2.75, 3.05) is 0 Å². The lowest BCUT2D eigenvalue weighted by molar-refractivity contribution is -0.141. The zero-order valence-corrected chi connectivity index (χ0v) is 6.76. The average Bonchev–Trinajstić information content (AvgIpc) is 1.86. The first-order valence-electron chi connectivity index (χ1n) is 3.57. The molecule has 0 aliphatic rings. The quantitative estimate of drug-likeness (QED) is 0.623. The maximum absolute atomic E-state index is 10.5. The van der Waals surface area contributed by atoms with Gasteiger partial charge in [0.25, 0.3) is 0 Å². The number of nitrogens with one attached hydrogen (secondary N) is 1. The van der Waals surface area contributed by atoms with E-state index in [1.165, 1.54) is 6.92 Å². The molecule has 0 fully saturated rings. The van der Waals surface area contributed by atoms with Crippen molar-refractivity contribution >= 4 is 11.9 Å². The van der Waals surface area contributed by atoms with Crippen LogP contribution in [0.5, 0.6) is 0 Å². The van der Waals surface area contributed by atoms with Gasteiger partial charge >= 0.3 is 5.97 Å². The molecule has 1 amide bonds. The number of amides is 1. The molecule has 0 radical (unpaired) electrons. The molecule has 0 spiro atoms. The third-order valence-electron chi connectivity index (χ3n) is 1.25. The van der Waals surface area contributed by atoms with Gasteiger partial charge in [0.2, 0.25) is 5.91 Å². The summed E-state index contributed by atoms with van der Waals surface area (Å²) in [6.45, 7) is 3.18. The lowest BCUT2D eigenvalue weighted by atomic mass is 10.2. The molecule has 1 unspecified atom stereocenters. The Morgan fingerprint density at radius 3 is 2.36 bits per heavy atom. The minimum absolute atomic E-state index is 0.300. The van der Waals surface area contributed by atoms with Gasteiger partial charge in [-0.2, -0.15) is 0 Å². The standard InChI is InChI=1S/C7H13NO3/c1-3-4-6(7(10)11)8-5(2)9/h6H,3-4H2,1-2H3,(H,8,9)(H,10,11). The Morgan fingerprint density at radius 1 is 1.55 bits per heavy atom. The summed E-state index contributed by atoms with van der Waals surface area (Å²) in [4.78, 5) is 20.9. The molecule has 4 heteroatoms. The Bertz CT molecular complexity index is 156. The van der Waals surface area contributed by atoms with Crippen LogP contribution in [0.4, 0.5) is 0 Å². The summed E-state index contributed by atoms with van der Waals surface area (Å²) in [7, 11) is 0. The normalized spacial score (nSPS) is 12.2. The van der Waals surface area contributed by atoms with E-state index in [4.69, 9.17) is 5.11 Å². The van der Waals surface area contributed by atoms with Crippen LogP contribution in [-0.2, 0) is 9.59 Å². The van der Waals surface area contributed by atoms with Crippen molar-refractivity contribution in [3.8, 4) is 0 Å². The highest BCUT2D eigenvalue weighted by atomic mass is 16.4. The zero-order valence-electron chi connectivity index (χ0n) is 6.76. The molecule has 0 aliphatic heterocycles. The van der Waals surface area contributed by atoms with Gasteiger partial charge in [-0.15, -0.1) is 0 Å². The predicted molar refractivity (Wildman–Crippen MR) is 40.1 cm³/mol. The van der Waals surface area contributed by atoms with Crippen LogP contribution in [0.1, 0.15) is 26.7 Å². The van der Waals surface area contributed by atoms with Crippen LogP contribution in [-0.4, -0.2) is 23.0 Å². The molecule has 0 saturated carbocycles. The lowest BCUT2D eigenvalue weighted by Gasteiger charge is -2.10. The summed E-state index contributed by atoms with van der Waals surface area (Å²) in [5, 5.41) is 10.9. The summed E-state index contributed by atoms with van der Waals surface area (Å²) in [6, 6.07) is -0.725. The summed E-state index contributed by atoms with van der Waals surface area (Å²) >= 11 is 0. The van der Waals surface area contributed by atoms with E-state index in [0.717, 1.165) is 6.42 Å². The Kier molecular flexibility index (Phi) is 4.26. The molecule has 0 saturated heterocycles. The molecule has 11 heavy (non-hydrogen) atoms. The van der Waals surface area contributed by atoms with Crippen molar-refractivity contribution in [1.82, 2.24) is 5.32 Å². The maximum atomic E-state index is 10.5. The summed E-state index contributed by atoms with van der Waals surface area (Å²) < 4.78 is 0. The fourth-order valence-electron chi connectivity index (χ4n) is 0.791. The topological polar surface area (TPSA) is 66.4 Å². The van der Waals surface area contributed by atoms with Crippen molar-refractivity contribution in [3.63, 3.8) is 0 Å². The minimum Gasteiger partial charge on any atom is -0.480 e. The van der Waals surface area contributed by atoms with Crippen molar-refractivity contribution in [2.24, 2.45) is 0 Å². The van der Waals surface area contributed by atoms with Crippen molar-refractivity contribution in [2.45, 2.75) is 32.7 Å². The van der Waals surface area contributed by atoms with Gasteiger partial charge in [-0.25, -0.2) is 4.79 Å². The highest BCUT2D eigenvalue weighted by molar-refractivity contribution is 5.81. The van der Waals surface area contributed by atoms with E-state index in [1.54, 1.807) is 0 Å². The van der Waals surface area contributed by atoms with E-state index in [9.17, 15) is 9.59 Å². The van der Waals surface area contributed by atoms with E-state index < -0.39 is 12.0 Å². The monoisotopic (exact) mass is 159 g/mol. The molecule has 0 aliphatic carbocycles. The average molecular weight is 159 g/mol. The molecule has 0 bridgehead atoms. The van der Waals surface area contributed by atoms with Crippen molar-refractivity contribution in [1.29, 1.82) is 0 Å². The lowest BCUT2D eigenvalue weighted by Crippen LogP contribution is -2.39. The first kappa shape index (κ1) is 9.94. The summed E-state index contributed by atoms with van der Waals surface area (Å²) in [6.07, 6.45) is 1.23. The van der Waals surface area contributed by atoms with E-state index in [2.05, 4.69) is 5.32 Å². The second kappa shape index (κ2) is 4.71. The van der Waals surface area contributed by atoms with Gasteiger partial charge < -0.3 is 10.4 Å². The molecular weight excluding hydrogens is 146 g/mol. The zero-order chi connectivity index (χ0) is 8.85. The number of carboxylic acids is 1. The van der Waals surface area contributed by atoms with Crippen LogP contribution in [0.3, 0.4) is 0 Å². The smallest absolute Gasteiger partial charge is 0.326 e. The number of hydrogen-bond acceptors (Lipinski definition) is 2. The van der Waals surface area contributed by atoms with Crippen LogP contribution in [0.15, 0.2) is 0 Å².